The molecule has 204 valence electrons. The first-order chi connectivity index (χ1) is 19.0. The largest absolute Gasteiger partial charge is 0.489 e. The van der Waals surface area contributed by atoms with E-state index >= 15 is 0 Å². The minimum Gasteiger partial charge on any atom is -0.489 e. The second-order valence-corrected chi connectivity index (χ2v) is 9.40. The summed E-state index contributed by atoms with van der Waals surface area (Å²) < 4.78 is 32.1. The van der Waals surface area contributed by atoms with Crippen molar-refractivity contribution in [1.29, 1.82) is 0 Å². The molecule has 0 amide bonds. The number of oxazole rings is 1. The van der Waals surface area contributed by atoms with Crippen LogP contribution < -0.4 is 20.3 Å². The Kier molecular flexibility index (Phi) is 6.60. The molecule has 4 aromatic heterocycles. The van der Waals surface area contributed by atoms with Crippen LogP contribution >= 0.6 is 0 Å². The molecule has 0 bridgehead atoms. The summed E-state index contributed by atoms with van der Waals surface area (Å²) in [6.45, 7) is 2.89. The molecule has 2 aliphatic rings. The predicted octanol–water partition coefficient (Wildman–Crippen LogP) is 2.18. The number of hydrogen-bond acceptors (Lipinski definition) is 12. The van der Waals surface area contributed by atoms with Crippen molar-refractivity contribution in [3.05, 3.63) is 48.5 Å². The number of methoxy groups -OCH3 is 1. The molecule has 14 heteroatoms. The minimum atomic E-state index is -0.384. The number of rotatable bonds is 8. The lowest BCUT2D eigenvalue weighted by molar-refractivity contribution is 0.146. The van der Waals surface area contributed by atoms with Crippen LogP contribution in [-0.2, 0) is 4.74 Å². The zero-order valence-corrected chi connectivity index (χ0v) is 21.7. The molecule has 6 rings (SSSR count). The topological polar surface area (TPSA) is 136 Å². The number of anilines is 3. The van der Waals surface area contributed by atoms with Crippen molar-refractivity contribution in [2.24, 2.45) is 0 Å². The van der Waals surface area contributed by atoms with Gasteiger partial charge >= 0.3 is 0 Å². The zero-order valence-electron chi connectivity index (χ0n) is 21.7. The Labute approximate surface area is 223 Å². The highest BCUT2D eigenvalue weighted by atomic mass is 19.1. The van der Waals surface area contributed by atoms with Gasteiger partial charge in [0.2, 0.25) is 11.8 Å². The molecule has 0 radical (unpaired) electrons. The average molecular weight is 537 g/mol. The standard InChI is InChI=1S/C25H29FN10O3/c1-33(20-12-21-30-22(24-28-5-8-39-24)32-36(21)25(27)31-20)14-16-3-4-17-15-34(6-7-35(16)17)23-19(26)11-18(13-29-23)38-10-9-37-2/h5,8,11-14,17H,3-4,6-7,9-10,15H2,1-2H3,(H2,27,31)/b16-14+/t17-/m1/s1. The average Bonchev–Trinajstić information content (AvgIpc) is 3.69. The first-order valence-electron chi connectivity index (χ1n) is 12.7. The van der Waals surface area contributed by atoms with Crippen LogP contribution in [0.1, 0.15) is 12.8 Å². The molecule has 2 saturated heterocycles. The summed E-state index contributed by atoms with van der Waals surface area (Å²) in [6.07, 6.45) is 8.51. The molecule has 6 heterocycles. The van der Waals surface area contributed by atoms with Gasteiger partial charge in [0, 0.05) is 63.9 Å². The number of hydrogen-bond donors (Lipinski definition) is 1. The van der Waals surface area contributed by atoms with Gasteiger partial charge in [-0.05, 0) is 12.8 Å². The third-order valence-electron chi connectivity index (χ3n) is 6.90. The third-order valence-corrected chi connectivity index (χ3v) is 6.90. The van der Waals surface area contributed by atoms with Crippen molar-refractivity contribution in [3.8, 4) is 17.5 Å². The molecule has 0 unspecified atom stereocenters. The molecule has 39 heavy (non-hydrogen) atoms. The Bertz CT molecular complexity index is 1490. The number of nitrogen functional groups attached to an aromatic ring is 1. The van der Waals surface area contributed by atoms with E-state index in [0.29, 0.717) is 61.1 Å². The Morgan fingerprint density at radius 1 is 1.23 bits per heavy atom. The lowest BCUT2D eigenvalue weighted by Crippen LogP contribution is -2.50. The first-order valence-corrected chi connectivity index (χ1v) is 12.7. The highest BCUT2D eigenvalue weighted by molar-refractivity contribution is 5.59. The fourth-order valence-corrected chi connectivity index (χ4v) is 5.03. The van der Waals surface area contributed by atoms with E-state index in [1.165, 1.54) is 28.7 Å². The molecule has 0 spiro atoms. The second kappa shape index (κ2) is 10.4. The van der Waals surface area contributed by atoms with Crippen molar-refractivity contribution < 1.29 is 18.3 Å². The first kappa shape index (κ1) is 24.9. The number of nitrogens with zero attached hydrogens (tertiary/aromatic N) is 9. The third kappa shape index (κ3) is 4.90. The van der Waals surface area contributed by atoms with E-state index in [1.54, 1.807) is 13.3 Å². The molecule has 13 nitrogen and oxygen atoms in total. The summed E-state index contributed by atoms with van der Waals surface area (Å²) in [5.41, 5.74) is 7.92. The Morgan fingerprint density at radius 2 is 2.13 bits per heavy atom. The Hall–Kier alpha value is -4.46. The number of allylic oxidation sites excluding steroid dienone is 1. The van der Waals surface area contributed by atoms with E-state index in [9.17, 15) is 4.39 Å². The van der Waals surface area contributed by atoms with Gasteiger partial charge in [-0.2, -0.15) is 9.50 Å². The highest BCUT2D eigenvalue weighted by Crippen LogP contribution is 2.33. The maximum Gasteiger partial charge on any atom is 0.266 e. The van der Waals surface area contributed by atoms with Crippen molar-refractivity contribution in [1.82, 2.24) is 34.4 Å². The maximum absolute atomic E-state index is 14.9. The summed E-state index contributed by atoms with van der Waals surface area (Å²) in [6, 6.07) is 3.46. The molecule has 0 aliphatic carbocycles. The van der Waals surface area contributed by atoms with Crippen LogP contribution in [0.25, 0.3) is 17.4 Å². The van der Waals surface area contributed by atoms with E-state index in [4.69, 9.17) is 19.6 Å². The molecule has 4 aromatic rings. The lowest BCUT2D eigenvalue weighted by Gasteiger charge is -2.40. The zero-order chi connectivity index (χ0) is 26.9. The molecular weight excluding hydrogens is 507 g/mol. The number of fused-ring (bicyclic) bond motifs is 2. The van der Waals surface area contributed by atoms with Gasteiger partial charge in [0.1, 0.15) is 24.4 Å². The van der Waals surface area contributed by atoms with Gasteiger partial charge in [-0.3, -0.25) is 0 Å². The molecule has 2 N–H and O–H groups in total. The van der Waals surface area contributed by atoms with Crippen LogP contribution in [0.2, 0.25) is 0 Å². The number of piperazine rings is 1. The lowest BCUT2D eigenvalue weighted by atomic mass is 10.1. The normalized spacial score (nSPS) is 18.2. The van der Waals surface area contributed by atoms with Crippen molar-refractivity contribution >= 4 is 23.2 Å². The fourth-order valence-electron chi connectivity index (χ4n) is 5.03. The van der Waals surface area contributed by atoms with Crippen molar-refractivity contribution in [2.45, 2.75) is 18.9 Å². The highest BCUT2D eigenvalue weighted by Gasteiger charge is 2.35. The van der Waals surface area contributed by atoms with E-state index in [-0.39, 0.29) is 17.8 Å². The summed E-state index contributed by atoms with van der Waals surface area (Å²) in [5, 5.41) is 4.34. The van der Waals surface area contributed by atoms with Crippen LogP contribution in [-0.4, -0.2) is 87.5 Å². The minimum absolute atomic E-state index is 0.209. The molecule has 2 fully saturated rings. The van der Waals surface area contributed by atoms with Gasteiger partial charge < -0.3 is 34.3 Å². The Balaban J connectivity index is 1.14. The number of pyridine rings is 1. The van der Waals surface area contributed by atoms with E-state index < -0.39 is 0 Å². The van der Waals surface area contributed by atoms with Gasteiger partial charge in [0.15, 0.2) is 17.3 Å². The summed E-state index contributed by atoms with van der Waals surface area (Å²) in [7, 11) is 3.52. The van der Waals surface area contributed by atoms with Crippen molar-refractivity contribution in [2.75, 3.05) is 62.5 Å². The molecule has 2 aliphatic heterocycles. The van der Waals surface area contributed by atoms with Gasteiger partial charge in [-0.15, -0.1) is 5.10 Å². The molecule has 1 atom stereocenters. The van der Waals surface area contributed by atoms with Gasteiger partial charge in [-0.25, -0.2) is 19.3 Å². The van der Waals surface area contributed by atoms with Crippen molar-refractivity contribution in [3.63, 3.8) is 0 Å². The van der Waals surface area contributed by atoms with Crippen LogP contribution in [0.15, 0.2) is 47.1 Å². The summed E-state index contributed by atoms with van der Waals surface area (Å²) in [5.74, 6) is 1.86. The molecule has 0 aromatic carbocycles. The van der Waals surface area contributed by atoms with Crippen LogP contribution in [0.5, 0.6) is 5.75 Å². The number of aromatic nitrogens is 6. The van der Waals surface area contributed by atoms with Crippen LogP contribution in [0.3, 0.4) is 0 Å². The van der Waals surface area contributed by atoms with E-state index in [1.807, 2.05) is 22.9 Å². The van der Waals surface area contributed by atoms with E-state index in [2.05, 4.69) is 36.1 Å². The maximum atomic E-state index is 14.9. The Morgan fingerprint density at radius 3 is 2.92 bits per heavy atom. The SMILES string of the molecule is COCCOc1cnc(N2CCN3/C(=C/N(C)c4cc5nc(-c6ncco6)nn5c(N)n4)CC[C@@H]3C2)c(F)c1. The molecule has 0 saturated carbocycles. The van der Waals surface area contributed by atoms with Crippen LogP contribution in [0, 0.1) is 5.82 Å². The van der Waals surface area contributed by atoms with E-state index in [0.717, 1.165) is 19.4 Å². The predicted molar refractivity (Wildman–Crippen MR) is 141 cm³/mol. The quantitative estimate of drug-likeness (QED) is 0.331. The van der Waals surface area contributed by atoms with Gasteiger partial charge in [0.25, 0.3) is 5.89 Å². The number of nitrogens with two attached hydrogens (primary N) is 1. The van der Waals surface area contributed by atoms with Gasteiger partial charge in [-0.1, -0.05) is 0 Å². The summed E-state index contributed by atoms with van der Waals surface area (Å²) in [4.78, 5) is 23.8. The van der Waals surface area contributed by atoms with Gasteiger partial charge in [0.05, 0.1) is 19.0 Å². The number of halogens is 1. The monoisotopic (exact) mass is 536 g/mol. The smallest absolute Gasteiger partial charge is 0.266 e. The second-order valence-electron chi connectivity index (χ2n) is 9.40. The fraction of sp³-hybridized carbons (Fsp3) is 0.400. The molecular formula is C25H29FN10O3. The summed E-state index contributed by atoms with van der Waals surface area (Å²) >= 11 is 0. The number of ether oxygens (including phenoxy) is 2. The van der Waals surface area contributed by atoms with Crippen LogP contribution in [0.4, 0.5) is 22.0 Å².